The van der Waals surface area contributed by atoms with Crippen LogP contribution in [0.1, 0.15) is 29.8 Å². The van der Waals surface area contributed by atoms with Gasteiger partial charge in [0.15, 0.2) is 11.9 Å². The van der Waals surface area contributed by atoms with E-state index in [1.165, 1.54) is 6.92 Å². The van der Waals surface area contributed by atoms with Crippen molar-refractivity contribution in [2.24, 2.45) is 0 Å². The maximum Gasteiger partial charge on any atom is 0.340 e. The number of carbonyl (C=O) groups excluding carboxylic acids is 2. The number of ether oxygens (including phenoxy) is 2. The minimum absolute atomic E-state index is 0.0775. The molecule has 0 radical (unpaired) electrons. The fourth-order valence-electron chi connectivity index (χ4n) is 1.84. The number of rotatable bonds is 6. The number of esters is 1. The van der Waals surface area contributed by atoms with Crippen LogP contribution in [0.25, 0.3) is 0 Å². The van der Waals surface area contributed by atoms with Crippen LogP contribution in [0.3, 0.4) is 0 Å². The molecule has 0 saturated heterocycles. The molecule has 114 valence electrons. The lowest BCUT2D eigenvalue weighted by molar-refractivity contribution is -0.147. The number of benzene rings is 2. The summed E-state index contributed by atoms with van der Waals surface area (Å²) in [5.74, 6) is -0.226. The van der Waals surface area contributed by atoms with Gasteiger partial charge in [-0.05, 0) is 31.5 Å². The molecule has 4 heteroatoms. The molecular formula is C18H18O4. The molecule has 1 atom stereocenters. The zero-order valence-corrected chi connectivity index (χ0v) is 12.6. The topological polar surface area (TPSA) is 52.6 Å². The van der Waals surface area contributed by atoms with Crippen LogP contribution in [0.2, 0.25) is 0 Å². The van der Waals surface area contributed by atoms with Crippen LogP contribution < -0.4 is 4.74 Å². The van der Waals surface area contributed by atoms with E-state index in [4.69, 9.17) is 9.47 Å². The molecule has 2 rings (SSSR count). The second kappa shape index (κ2) is 7.52. The second-order valence-corrected chi connectivity index (χ2v) is 4.94. The van der Waals surface area contributed by atoms with Gasteiger partial charge in [0.05, 0.1) is 6.61 Å². The molecule has 0 fully saturated rings. The standard InChI is InChI=1S/C18H18O4/c1-13(19)16-9-6-10-17(11-16)22-18(20)14(2)21-12-15-7-4-3-5-8-15/h3-11,14H,12H2,1-2H3. The van der Waals surface area contributed by atoms with E-state index in [2.05, 4.69) is 0 Å². The van der Waals surface area contributed by atoms with Crippen molar-refractivity contribution in [3.8, 4) is 5.75 Å². The first kappa shape index (κ1) is 15.9. The molecule has 0 aromatic heterocycles. The molecule has 2 aromatic rings. The summed E-state index contributed by atoms with van der Waals surface area (Å²) in [7, 11) is 0. The minimum Gasteiger partial charge on any atom is -0.425 e. The first-order valence-corrected chi connectivity index (χ1v) is 7.04. The Kier molecular flexibility index (Phi) is 5.44. The Balaban J connectivity index is 1.91. The lowest BCUT2D eigenvalue weighted by atomic mass is 10.1. The minimum atomic E-state index is -0.693. The Labute approximate surface area is 129 Å². The third kappa shape index (κ3) is 4.53. The van der Waals surface area contributed by atoms with Crippen LogP contribution in [0.5, 0.6) is 5.75 Å². The molecule has 22 heavy (non-hydrogen) atoms. The van der Waals surface area contributed by atoms with Gasteiger partial charge in [-0.15, -0.1) is 0 Å². The Bertz CT molecular complexity index is 649. The molecule has 4 nitrogen and oxygen atoms in total. The third-order valence-electron chi connectivity index (χ3n) is 3.13. The molecule has 0 aliphatic rings. The molecule has 2 aromatic carbocycles. The lowest BCUT2D eigenvalue weighted by Crippen LogP contribution is -2.25. The van der Waals surface area contributed by atoms with Gasteiger partial charge < -0.3 is 9.47 Å². The average Bonchev–Trinajstić information content (AvgIpc) is 2.53. The highest BCUT2D eigenvalue weighted by atomic mass is 16.6. The van der Waals surface area contributed by atoms with Crippen LogP contribution in [0.4, 0.5) is 0 Å². The Morgan fingerprint density at radius 1 is 1.05 bits per heavy atom. The largest absolute Gasteiger partial charge is 0.425 e. The van der Waals surface area contributed by atoms with Crippen molar-refractivity contribution >= 4 is 11.8 Å². The number of hydrogen-bond donors (Lipinski definition) is 0. The molecule has 0 saturated carbocycles. The number of ketones is 1. The second-order valence-electron chi connectivity index (χ2n) is 4.94. The smallest absolute Gasteiger partial charge is 0.340 e. The Morgan fingerprint density at radius 3 is 2.45 bits per heavy atom. The molecular weight excluding hydrogens is 280 g/mol. The van der Waals surface area contributed by atoms with E-state index in [-0.39, 0.29) is 5.78 Å². The molecule has 0 N–H and O–H groups in total. The molecule has 0 amide bonds. The SMILES string of the molecule is CC(=O)c1cccc(OC(=O)C(C)OCc2ccccc2)c1. The predicted octanol–water partition coefficient (Wildman–Crippen LogP) is 3.40. The third-order valence-corrected chi connectivity index (χ3v) is 3.13. The van der Waals surface area contributed by atoms with Crippen LogP contribution in [-0.2, 0) is 16.1 Å². The van der Waals surface area contributed by atoms with Gasteiger partial charge in [-0.2, -0.15) is 0 Å². The van der Waals surface area contributed by atoms with Gasteiger partial charge in [0.25, 0.3) is 0 Å². The maximum atomic E-state index is 12.0. The Morgan fingerprint density at radius 2 is 1.77 bits per heavy atom. The van der Waals surface area contributed by atoms with Crippen LogP contribution in [0, 0.1) is 0 Å². The van der Waals surface area contributed by atoms with Crippen molar-refractivity contribution in [1.82, 2.24) is 0 Å². The van der Waals surface area contributed by atoms with Crippen molar-refractivity contribution in [3.05, 3.63) is 65.7 Å². The van der Waals surface area contributed by atoms with Crippen molar-refractivity contribution in [1.29, 1.82) is 0 Å². The van der Waals surface area contributed by atoms with E-state index >= 15 is 0 Å². The highest BCUT2D eigenvalue weighted by Gasteiger charge is 2.16. The van der Waals surface area contributed by atoms with Gasteiger partial charge in [0, 0.05) is 5.56 Å². The van der Waals surface area contributed by atoms with Crippen molar-refractivity contribution in [3.63, 3.8) is 0 Å². The van der Waals surface area contributed by atoms with Gasteiger partial charge in [-0.1, -0.05) is 42.5 Å². The summed E-state index contributed by atoms with van der Waals surface area (Å²) in [6.45, 7) is 3.44. The number of Topliss-reactive ketones (excluding diaryl/α,β-unsaturated/α-hetero) is 1. The average molecular weight is 298 g/mol. The van der Waals surface area contributed by atoms with E-state index in [1.54, 1.807) is 31.2 Å². The van der Waals surface area contributed by atoms with Gasteiger partial charge >= 0.3 is 5.97 Å². The highest BCUT2D eigenvalue weighted by molar-refractivity contribution is 5.94. The zero-order valence-electron chi connectivity index (χ0n) is 12.6. The molecule has 0 bridgehead atoms. The molecule has 0 aliphatic heterocycles. The van der Waals surface area contributed by atoms with Crippen molar-refractivity contribution in [2.45, 2.75) is 26.6 Å². The molecule has 0 spiro atoms. The summed E-state index contributed by atoms with van der Waals surface area (Å²) in [5, 5.41) is 0. The van der Waals surface area contributed by atoms with Crippen LogP contribution in [-0.4, -0.2) is 17.9 Å². The highest BCUT2D eigenvalue weighted by Crippen LogP contribution is 2.15. The van der Waals surface area contributed by atoms with E-state index < -0.39 is 12.1 Å². The first-order valence-electron chi connectivity index (χ1n) is 7.04. The van der Waals surface area contributed by atoms with Crippen molar-refractivity contribution < 1.29 is 19.1 Å². The summed E-state index contributed by atoms with van der Waals surface area (Å²) in [6, 6.07) is 16.1. The zero-order chi connectivity index (χ0) is 15.9. The van der Waals surface area contributed by atoms with Gasteiger partial charge in [0.2, 0.25) is 0 Å². The molecule has 0 heterocycles. The maximum absolute atomic E-state index is 12.0. The van der Waals surface area contributed by atoms with E-state index in [9.17, 15) is 9.59 Å². The fraction of sp³-hybridized carbons (Fsp3) is 0.222. The fourth-order valence-corrected chi connectivity index (χ4v) is 1.84. The quantitative estimate of drug-likeness (QED) is 0.466. The van der Waals surface area contributed by atoms with Crippen LogP contribution in [0.15, 0.2) is 54.6 Å². The lowest BCUT2D eigenvalue weighted by Gasteiger charge is -2.13. The van der Waals surface area contributed by atoms with Gasteiger partial charge in [0.1, 0.15) is 5.75 Å². The summed E-state index contributed by atoms with van der Waals surface area (Å²) >= 11 is 0. The van der Waals surface area contributed by atoms with Gasteiger partial charge in [-0.25, -0.2) is 4.79 Å². The predicted molar refractivity (Wildman–Crippen MR) is 82.8 cm³/mol. The van der Waals surface area contributed by atoms with Crippen molar-refractivity contribution in [2.75, 3.05) is 0 Å². The Hall–Kier alpha value is -2.46. The summed E-state index contributed by atoms with van der Waals surface area (Å²) in [5.41, 5.74) is 1.49. The molecule has 1 unspecified atom stereocenters. The first-order chi connectivity index (χ1) is 10.6. The normalized spacial score (nSPS) is 11.7. The summed E-state index contributed by atoms with van der Waals surface area (Å²) in [4.78, 5) is 23.3. The van der Waals surface area contributed by atoms with E-state index in [0.29, 0.717) is 17.9 Å². The van der Waals surface area contributed by atoms with Crippen LogP contribution >= 0.6 is 0 Å². The summed E-state index contributed by atoms with van der Waals surface area (Å²) < 4.78 is 10.7. The summed E-state index contributed by atoms with van der Waals surface area (Å²) in [6.07, 6.45) is -0.693. The monoisotopic (exact) mass is 298 g/mol. The number of carbonyl (C=O) groups is 2. The number of hydrogen-bond acceptors (Lipinski definition) is 4. The van der Waals surface area contributed by atoms with Gasteiger partial charge in [-0.3, -0.25) is 4.79 Å². The van der Waals surface area contributed by atoms with E-state index in [0.717, 1.165) is 5.56 Å². The molecule has 0 aliphatic carbocycles. The van der Waals surface area contributed by atoms with E-state index in [1.807, 2.05) is 30.3 Å².